The summed E-state index contributed by atoms with van der Waals surface area (Å²) in [5, 5.41) is 3.95. The molecule has 1 aromatic heterocycles. The molecule has 1 aliphatic rings. The van der Waals surface area contributed by atoms with Crippen LogP contribution in [0.3, 0.4) is 0 Å². The van der Waals surface area contributed by atoms with Crippen LogP contribution in [0.1, 0.15) is 35.1 Å². The number of carbonyl (C=O) groups excluding carboxylic acids is 1. The molecule has 0 fully saturated rings. The molecule has 1 unspecified atom stereocenters. The predicted octanol–water partition coefficient (Wildman–Crippen LogP) is 4.87. The fourth-order valence-electron chi connectivity index (χ4n) is 3.91. The van der Waals surface area contributed by atoms with Gasteiger partial charge in [0.1, 0.15) is 12.4 Å². The summed E-state index contributed by atoms with van der Waals surface area (Å²) in [6.07, 6.45) is 4.29. The van der Waals surface area contributed by atoms with Gasteiger partial charge in [-0.3, -0.25) is 4.79 Å². The molecule has 4 rings (SSSR count). The zero-order chi connectivity index (χ0) is 22.0. The van der Waals surface area contributed by atoms with Gasteiger partial charge in [0.15, 0.2) is 11.5 Å². The molecule has 160 valence electrons. The molecule has 1 aliphatic heterocycles. The fraction of sp³-hybridized carbons (Fsp3) is 0.280. The number of ether oxygens (including phenoxy) is 2. The van der Waals surface area contributed by atoms with Crippen molar-refractivity contribution in [3.63, 3.8) is 0 Å². The number of carbonyl (C=O) groups is 1. The molecule has 0 saturated heterocycles. The maximum atomic E-state index is 12.9. The van der Waals surface area contributed by atoms with E-state index in [1.165, 1.54) is 5.56 Å². The number of benzene rings is 2. The number of aromatic nitrogens is 1. The molecule has 0 aliphatic carbocycles. The third kappa shape index (κ3) is 4.19. The summed E-state index contributed by atoms with van der Waals surface area (Å²) in [5.41, 5.74) is 4.79. The average Bonchev–Trinajstić information content (AvgIpc) is 3.28. The van der Waals surface area contributed by atoms with Gasteiger partial charge in [-0.05, 0) is 62.6 Å². The van der Waals surface area contributed by atoms with Crippen molar-refractivity contribution >= 4 is 17.7 Å². The van der Waals surface area contributed by atoms with E-state index in [1.807, 2.05) is 55.1 Å². The number of hydrogen-bond acceptors (Lipinski definition) is 5. The van der Waals surface area contributed by atoms with Gasteiger partial charge in [-0.2, -0.15) is 0 Å². The van der Waals surface area contributed by atoms with Gasteiger partial charge in [-0.1, -0.05) is 29.4 Å². The summed E-state index contributed by atoms with van der Waals surface area (Å²) in [6.45, 7) is 6.16. The minimum Gasteiger partial charge on any atom is -0.493 e. The maximum absolute atomic E-state index is 12.9. The predicted molar refractivity (Wildman–Crippen MR) is 119 cm³/mol. The number of methoxy groups -OCH3 is 1. The Morgan fingerprint density at radius 1 is 1.23 bits per heavy atom. The zero-order valence-corrected chi connectivity index (χ0v) is 18.2. The molecule has 0 saturated carbocycles. The van der Waals surface area contributed by atoms with E-state index >= 15 is 0 Å². The Morgan fingerprint density at radius 2 is 2.03 bits per heavy atom. The van der Waals surface area contributed by atoms with E-state index in [4.69, 9.17) is 14.0 Å². The van der Waals surface area contributed by atoms with Gasteiger partial charge in [-0.25, -0.2) is 0 Å². The van der Waals surface area contributed by atoms with E-state index in [1.54, 1.807) is 19.3 Å². The van der Waals surface area contributed by atoms with Crippen LogP contribution in [0.25, 0.3) is 6.08 Å². The lowest BCUT2D eigenvalue weighted by Gasteiger charge is -2.21. The highest BCUT2D eigenvalue weighted by molar-refractivity contribution is 6.05. The molecule has 0 radical (unpaired) electrons. The molecule has 3 aromatic rings. The molecule has 6 nitrogen and oxygen atoms in total. The molecule has 0 N–H and O–H groups in total. The van der Waals surface area contributed by atoms with E-state index in [2.05, 4.69) is 18.1 Å². The number of aryl methyl sites for hydroxylation is 2. The quantitative estimate of drug-likeness (QED) is 0.535. The van der Waals surface area contributed by atoms with E-state index in [0.717, 1.165) is 34.7 Å². The van der Waals surface area contributed by atoms with Crippen LogP contribution >= 0.6 is 0 Å². The van der Waals surface area contributed by atoms with Crippen LogP contribution in [0, 0.1) is 13.8 Å². The van der Waals surface area contributed by atoms with Gasteiger partial charge < -0.3 is 18.9 Å². The lowest BCUT2D eigenvalue weighted by Crippen LogP contribution is -2.34. The van der Waals surface area contributed by atoms with Crippen LogP contribution in [0.15, 0.2) is 53.1 Å². The second-order valence-corrected chi connectivity index (χ2v) is 7.73. The summed E-state index contributed by atoms with van der Waals surface area (Å²) in [6, 6.07) is 13.8. The first-order chi connectivity index (χ1) is 15.0. The Hall–Kier alpha value is -3.54. The molecule has 31 heavy (non-hydrogen) atoms. The molecule has 2 aromatic carbocycles. The highest BCUT2D eigenvalue weighted by Gasteiger charge is 2.29. The maximum Gasteiger partial charge on any atom is 0.251 e. The van der Waals surface area contributed by atoms with Crippen LogP contribution in [0.4, 0.5) is 5.69 Å². The molecular formula is C25H26N2O4. The molecule has 0 spiro atoms. The average molecular weight is 418 g/mol. The zero-order valence-electron chi connectivity index (χ0n) is 18.2. The lowest BCUT2D eigenvalue weighted by molar-refractivity contribution is -0.114. The Morgan fingerprint density at radius 3 is 2.77 bits per heavy atom. The summed E-state index contributed by atoms with van der Waals surface area (Å²) in [4.78, 5) is 14.7. The van der Waals surface area contributed by atoms with Crippen molar-refractivity contribution in [1.82, 2.24) is 5.16 Å². The van der Waals surface area contributed by atoms with Crippen molar-refractivity contribution in [2.24, 2.45) is 0 Å². The molecule has 1 amide bonds. The normalized spacial score (nSPS) is 15.4. The monoisotopic (exact) mass is 418 g/mol. The molecule has 6 heteroatoms. The number of para-hydroxylation sites is 1. The molecule has 2 heterocycles. The van der Waals surface area contributed by atoms with Gasteiger partial charge in [-0.15, -0.1) is 0 Å². The summed E-state index contributed by atoms with van der Waals surface area (Å²) < 4.78 is 16.6. The topological polar surface area (TPSA) is 64.8 Å². The smallest absolute Gasteiger partial charge is 0.251 e. The second kappa shape index (κ2) is 8.68. The van der Waals surface area contributed by atoms with Crippen molar-refractivity contribution in [3.05, 3.63) is 76.7 Å². The number of rotatable bonds is 6. The largest absolute Gasteiger partial charge is 0.493 e. The number of amides is 1. The van der Waals surface area contributed by atoms with Gasteiger partial charge in [0.25, 0.3) is 5.91 Å². The van der Waals surface area contributed by atoms with E-state index in [-0.39, 0.29) is 11.9 Å². The van der Waals surface area contributed by atoms with Crippen molar-refractivity contribution in [1.29, 1.82) is 0 Å². The van der Waals surface area contributed by atoms with Crippen molar-refractivity contribution in [2.75, 3.05) is 12.0 Å². The first-order valence-electron chi connectivity index (χ1n) is 10.3. The highest BCUT2D eigenvalue weighted by Crippen LogP contribution is 2.33. The first-order valence-corrected chi connectivity index (χ1v) is 10.3. The number of hydrogen-bond donors (Lipinski definition) is 0. The van der Waals surface area contributed by atoms with Gasteiger partial charge in [0.05, 0.1) is 18.4 Å². The standard InChI is InChI=1S/C25H26N2O4/c1-16-13-20-7-5-6-8-22(20)27(16)25(28)12-10-19-9-11-23(24(14-19)29-4)30-15-21-17(2)26-31-18(21)3/h5-12,14,16H,13,15H2,1-4H3/b12-10+. The number of fused-ring (bicyclic) bond motifs is 1. The summed E-state index contributed by atoms with van der Waals surface area (Å²) in [5.74, 6) is 1.93. The SMILES string of the molecule is COc1cc(/C=C/C(=O)N2c3ccccc3CC2C)ccc1OCc1c(C)noc1C. The number of nitrogens with zero attached hydrogens (tertiary/aromatic N) is 2. The first kappa shape index (κ1) is 20.7. The Labute approximate surface area is 182 Å². The van der Waals surface area contributed by atoms with Gasteiger partial charge in [0, 0.05) is 17.8 Å². The fourth-order valence-corrected chi connectivity index (χ4v) is 3.91. The van der Waals surface area contributed by atoms with Gasteiger partial charge in [0.2, 0.25) is 0 Å². The van der Waals surface area contributed by atoms with Crippen molar-refractivity contribution in [3.8, 4) is 11.5 Å². The van der Waals surface area contributed by atoms with Crippen LogP contribution in [-0.4, -0.2) is 24.2 Å². The third-order valence-electron chi connectivity index (χ3n) is 5.60. The summed E-state index contributed by atoms with van der Waals surface area (Å²) >= 11 is 0. The lowest BCUT2D eigenvalue weighted by atomic mass is 10.1. The van der Waals surface area contributed by atoms with Crippen LogP contribution in [0.5, 0.6) is 11.5 Å². The number of anilines is 1. The Bertz CT molecular complexity index is 1110. The van der Waals surface area contributed by atoms with Gasteiger partial charge >= 0.3 is 0 Å². The van der Waals surface area contributed by atoms with Crippen LogP contribution in [-0.2, 0) is 17.8 Å². The summed E-state index contributed by atoms with van der Waals surface area (Å²) in [7, 11) is 1.60. The van der Waals surface area contributed by atoms with Crippen LogP contribution in [0.2, 0.25) is 0 Å². The van der Waals surface area contributed by atoms with E-state index in [9.17, 15) is 4.79 Å². The highest BCUT2D eigenvalue weighted by atomic mass is 16.5. The minimum absolute atomic E-state index is 0.0323. The second-order valence-electron chi connectivity index (χ2n) is 7.73. The van der Waals surface area contributed by atoms with E-state index < -0.39 is 0 Å². The van der Waals surface area contributed by atoms with Crippen molar-refractivity contribution < 1.29 is 18.8 Å². The van der Waals surface area contributed by atoms with Crippen LogP contribution < -0.4 is 14.4 Å². The Kier molecular flexibility index (Phi) is 5.80. The molecular weight excluding hydrogens is 392 g/mol. The van der Waals surface area contributed by atoms with E-state index in [0.29, 0.717) is 18.1 Å². The third-order valence-corrected chi connectivity index (χ3v) is 5.60. The Balaban J connectivity index is 1.48. The van der Waals surface area contributed by atoms with Crippen molar-refractivity contribution in [2.45, 2.75) is 39.8 Å². The molecule has 0 bridgehead atoms. The minimum atomic E-state index is -0.0323. The molecule has 1 atom stereocenters.